The van der Waals surface area contributed by atoms with E-state index < -0.39 is 6.10 Å². The Bertz CT molecular complexity index is 358. The highest BCUT2D eigenvalue weighted by molar-refractivity contribution is 5.28. The number of hydrogen-bond acceptors (Lipinski definition) is 3. The van der Waals surface area contributed by atoms with Crippen LogP contribution in [-0.4, -0.2) is 18.3 Å². The quantitative estimate of drug-likeness (QED) is 0.607. The van der Waals surface area contributed by atoms with Gasteiger partial charge in [0.1, 0.15) is 6.10 Å². The van der Waals surface area contributed by atoms with Gasteiger partial charge in [-0.25, -0.2) is 0 Å². The number of benzene rings is 1. The molecule has 0 radical (unpaired) electrons. The molecule has 0 amide bonds. The molecule has 0 spiro atoms. The molecule has 0 aromatic heterocycles. The van der Waals surface area contributed by atoms with Crippen LogP contribution in [0.25, 0.3) is 0 Å². The van der Waals surface area contributed by atoms with E-state index >= 15 is 0 Å². The van der Waals surface area contributed by atoms with Crippen LogP contribution in [-0.2, 0) is 9.47 Å². The van der Waals surface area contributed by atoms with Crippen LogP contribution in [0.15, 0.2) is 24.3 Å². The largest absolute Gasteiger partial charge is 0.376 e. The second kappa shape index (κ2) is 7.08. The molecule has 92 valence electrons. The third-order valence-corrected chi connectivity index (χ3v) is 2.32. The van der Waals surface area contributed by atoms with E-state index in [0.29, 0.717) is 18.8 Å². The molecule has 1 aromatic rings. The van der Waals surface area contributed by atoms with Crippen molar-refractivity contribution in [3.05, 3.63) is 35.4 Å². The van der Waals surface area contributed by atoms with Gasteiger partial charge in [-0.15, -0.1) is 6.42 Å². The highest BCUT2D eigenvalue weighted by Gasteiger charge is 2.11. The predicted molar refractivity (Wildman–Crippen MR) is 66.2 cm³/mol. The standard InChI is InChI=1S/C14H18O3/c1-4-13(15)11-7-9-12(10-8-11)14(16-5-2)17-6-3/h1,7-10,13-15H,5-6H2,2-3H3. The molecule has 1 N–H and O–H groups in total. The molecular weight excluding hydrogens is 216 g/mol. The van der Waals surface area contributed by atoms with Gasteiger partial charge in [0.15, 0.2) is 6.29 Å². The first kappa shape index (κ1) is 13.7. The number of rotatable bonds is 6. The summed E-state index contributed by atoms with van der Waals surface area (Å²) < 4.78 is 10.9. The molecule has 17 heavy (non-hydrogen) atoms. The predicted octanol–water partition coefficient (Wildman–Crippen LogP) is 2.42. The Morgan fingerprint density at radius 2 is 1.59 bits per heavy atom. The molecule has 1 atom stereocenters. The Labute approximate surface area is 102 Å². The molecule has 0 bridgehead atoms. The van der Waals surface area contributed by atoms with Gasteiger partial charge >= 0.3 is 0 Å². The molecule has 0 aliphatic carbocycles. The maximum absolute atomic E-state index is 9.47. The van der Waals surface area contributed by atoms with E-state index in [2.05, 4.69) is 5.92 Å². The maximum atomic E-state index is 9.47. The van der Waals surface area contributed by atoms with Crippen LogP contribution >= 0.6 is 0 Å². The average molecular weight is 234 g/mol. The molecule has 0 heterocycles. The van der Waals surface area contributed by atoms with Gasteiger partial charge in [-0.1, -0.05) is 30.2 Å². The molecule has 0 aliphatic rings. The minimum Gasteiger partial charge on any atom is -0.376 e. The number of terminal acetylenes is 1. The summed E-state index contributed by atoms with van der Waals surface area (Å²) in [5, 5.41) is 9.47. The van der Waals surface area contributed by atoms with Crippen molar-refractivity contribution in [3.8, 4) is 12.3 Å². The Kier molecular flexibility index (Phi) is 5.71. The summed E-state index contributed by atoms with van der Waals surface area (Å²) in [7, 11) is 0. The first-order valence-electron chi connectivity index (χ1n) is 5.70. The number of aliphatic hydroxyl groups excluding tert-OH is 1. The van der Waals surface area contributed by atoms with Gasteiger partial charge in [0.2, 0.25) is 0 Å². The summed E-state index contributed by atoms with van der Waals surface area (Å²) in [6.45, 7) is 5.00. The second-order valence-corrected chi connectivity index (χ2v) is 3.48. The second-order valence-electron chi connectivity index (χ2n) is 3.48. The highest BCUT2D eigenvalue weighted by atomic mass is 16.7. The van der Waals surface area contributed by atoms with Gasteiger partial charge in [-0.05, 0) is 19.4 Å². The summed E-state index contributed by atoms with van der Waals surface area (Å²) in [6.07, 6.45) is 3.93. The minimum atomic E-state index is -0.860. The molecule has 0 saturated carbocycles. The lowest BCUT2D eigenvalue weighted by Gasteiger charge is -2.17. The van der Waals surface area contributed by atoms with Crippen LogP contribution < -0.4 is 0 Å². The van der Waals surface area contributed by atoms with Crippen molar-refractivity contribution >= 4 is 0 Å². The van der Waals surface area contributed by atoms with Crippen LogP contribution in [0.5, 0.6) is 0 Å². The molecule has 1 unspecified atom stereocenters. The van der Waals surface area contributed by atoms with Gasteiger partial charge in [-0.2, -0.15) is 0 Å². The zero-order valence-electron chi connectivity index (χ0n) is 10.2. The van der Waals surface area contributed by atoms with E-state index in [4.69, 9.17) is 15.9 Å². The Morgan fingerprint density at radius 1 is 1.12 bits per heavy atom. The molecule has 1 aromatic carbocycles. The topological polar surface area (TPSA) is 38.7 Å². The van der Waals surface area contributed by atoms with Crippen molar-refractivity contribution in [3.63, 3.8) is 0 Å². The molecule has 0 aliphatic heterocycles. The molecule has 1 rings (SSSR count). The van der Waals surface area contributed by atoms with E-state index in [-0.39, 0.29) is 6.29 Å². The fraction of sp³-hybridized carbons (Fsp3) is 0.429. The van der Waals surface area contributed by atoms with E-state index in [9.17, 15) is 5.11 Å². The van der Waals surface area contributed by atoms with Crippen molar-refractivity contribution < 1.29 is 14.6 Å². The third kappa shape index (κ3) is 3.86. The molecule has 0 saturated heterocycles. The van der Waals surface area contributed by atoms with Crippen molar-refractivity contribution in [2.75, 3.05) is 13.2 Å². The lowest BCUT2D eigenvalue weighted by molar-refractivity contribution is -0.140. The third-order valence-electron chi connectivity index (χ3n) is 2.32. The zero-order chi connectivity index (χ0) is 12.7. The fourth-order valence-corrected chi connectivity index (χ4v) is 1.47. The highest BCUT2D eigenvalue weighted by Crippen LogP contribution is 2.21. The minimum absolute atomic E-state index is 0.359. The Morgan fingerprint density at radius 3 is 2.00 bits per heavy atom. The van der Waals surface area contributed by atoms with Crippen molar-refractivity contribution in [1.29, 1.82) is 0 Å². The normalized spacial score (nSPS) is 12.4. The Balaban J connectivity index is 2.80. The first-order valence-corrected chi connectivity index (χ1v) is 5.70. The average Bonchev–Trinajstić information content (AvgIpc) is 2.38. The molecule has 0 fully saturated rings. The molecular formula is C14H18O3. The maximum Gasteiger partial charge on any atom is 0.183 e. The monoisotopic (exact) mass is 234 g/mol. The summed E-state index contributed by atoms with van der Waals surface area (Å²) >= 11 is 0. The first-order chi connectivity index (χ1) is 8.22. The van der Waals surface area contributed by atoms with Gasteiger partial charge in [0, 0.05) is 18.8 Å². The van der Waals surface area contributed by atoms with Gasteiger partial charge in [-0.3, -0.25) is 0 Å². The van der Waals surface area contributed by atoms with Crippen molar-refractivity contribution in [2.45, 2.75) is 26.2 Å². The van der Waals surface area contributed by atoms with E-state index in [1.807, 2.05) is 26.0 Å². The summed E-state index contributed by atoms with van der Waals surface area (Å²) in [5.41, 5.74) is 1.62. The van der Waals surface area contributed by atoms with Crippen molar-refractivity contribution in [2.24, 2.45) is 0 Å². The zero-order valence-corrected chi connectivity index (χ0v) is 10.2. The van der Waals surface area contributed by atoms with Gasteiger partial charge in [0.05, 0.1) is 0 Å². The van der Waals surface area contributed by atoms with E-state index in [1.165, 1.54) is 0 Å². The van der Waals surface area contributed by atoms with Gasteiger partial charge < -0.3 is 14.6 Å². The summed E-state index contributed by atoms with van der Waals surface area (Å²) in [6, 6.07) is 7.27. The lowest BCUT2D eigenvalue weighted by Crippen LogP contribution is -2.09. The van der Waals surface area contributed by atoms with Crippen molar-refractivity contribution in [1.82, 2.24) is 0 Å². The van der Waals surface area contributed by atoms with Crippen LogP contribution in [0.3, 0.4) is 0 Å². The number of hydrogen-bond donors (Lipinski definition) is 1. The smallest absolute Gasteiger partial charge is 0.183 e. The SMILES string of the molecule is C#CC(O)c1ccc(C(OCC)OCC)cc1. The van der Waals surface area contributed by atoms with Crippen LogP contribution in [0.2, 0.25) is 0 Å². The van der Waals surface area contributed by atoms with Crippen LogP contribution in [0, 0.1) is 12.3 Å². The van der Waals surface area contributed by atoms with Crippen LogP contribution in [0.1, 0.15) is 37.4 Å². The molecule has 3 nitrogen and oxygen atoms in total. The van der Waals surface area contributed by atoms with Crippen LogP contribution in [0.4, 0.5) is 0 Å². The molecule has 3 heteroatoms. The number of aliphatic hydroxyl groups is 1. The summed E-state index contributed by atoms with van der Waals surface area (Å²) in [5.74, 6) is 2.27. The summed E-state index contributed by atoms with van der Waals surface area (Å²) in [4.78, 5) is 0. The number of ether oxygens (including phenoxy) is 2. The van der Waals surface area contributed by atoms with Gasteiger partial charge in [0.25, 0.3) is 0 Å². The van der Waals surface area contributed by atoms with E-state index in [1.54, 1.807) is 12.1 Å². The fourth-order valence-electron chi connectivity index (χ4n) is 1.47. The Hall–Kier alpha value is -1.34. The lowest BCUT2D eigenvalue weighted by atomic mass is 10.1. The van der Waals surface area contributed by atoms with E-state index in [0.717, 1.165) is 5.56 Å².